The number of likely N-dealkylation sites (N-methyl/N-ethyl adjacent to an activating group) is 1. The number of anilines is 2. The number of nitrogens with two attached hydrogens (primary N) is 1. The third-order valence-corrected chi connectivity index (χ3v) is 6.58. The van der Waals surface area contributed by atoms with Crippen LogP contribution in [0.2, 0.25) is 0 Å². The van der Waals surface area contributed by atoms with E-state index in [4.69, 9.17) is 5.73 Å². The lowest BCUT2D eigenvalue weighted by atomic mass is 9.80. The zero-order valence-electron chi connectivity index (χ0n) is 19.9. The highest BCUT2D eigenvalue weighted by Gasteiger charge is 2.55. The number of β-lactam (4-membered cyclic amide) rings is 1. The predicted molar refractivity (Wildman–Crippen MR) is 133 cm³/mol. The van der Waals surface area contributed by atoms with Gasteiger partial charge in [-0.15, -0.1) is 0 Å². The molecular formula is C27H29N5O3. The van der Waals surface area contributed by atoms with E-state index in [0.29, 0.717) is 24.3 Å². The fourth-order valence-corrected chi connectivity index (χ4v) is 4.59. The minimum absolute atomic E-state index is 0.0920. The van der Waals surface area contributed by atoms with Crippen molar-refractivity contribution in [1.82, 2.24) is 14.9 Å². The Morgan fingerprint density at radius 3 is 2.54 bits per heavy atom. The van der Waals surface area contributed by atoms with E-state index in [2.05, 4.69) is 9.97 Å². The first kappa shape index (κ1) is 24.1. The van der Waals surface area contributed by atoms with Crippen LogP contribution in [0.25, 0.3) is 0 Å². The van der Waals surface area contributed by atoms with E-state index in [9.17, 15) is 14.4 Å². The van der Waals surface area contributed by atoms with Gasteiger partial charge in [0.1, 0.15) is 11.9 Å². The van der Waals surface area contributed by atoms with Crippen LogP contribution in [0.1, 0.15) is 36.8 Å². The second-order valence-electron chi connectivity index (χ2n) is 8.77. The number of para-hydroxylation sites is 1. The van der Waals surface area contributed by atoms with Crippen molar-refractivity contribution in [2.45, 2.75) is 38.1 Å². The van der Waals surface area contributed by atoms with Crippen LogP contribution in [-0.2, 0) is 20.8 Å². The molecule has 8 heteroatoms. The van der Waals surface area contributed by atoms with Crippen LogP contribution in [0.4, 0.5) is 11.5 Å². The summed E-state index contributed by atoms with van der Waals surface area (Å²) in [4.78, 5) is 51.0. The highest BCUT2D eigenvalue weighted by Crippen LogP contribution is 2.35. The van der Waals surface area contributed by atoms with E-state index in [0.717, 1.165) is 16.0 Å². The summed E-state index contributed by atoms with van der Waals surface area (Å²) >= 11 is 0. The number of imide groups is 1. The van der Waals surface area contributed by atoms with Gasteiger partial charge in [0.25, 0.3) is 5.91 Å². The number of nitrogens with zero attached hydrogens (tertiary/aromatic N) is 4. The van der Waals surface area contributed by atoms with Crippen LogP contribution in [0, 0.1) is 5.92 Å². The number of aromatic nitrogens is 2. The van der Waals surface area contributed by atoms with Crippen molar-refractivity contribution >= 4 is 29.2 Å². The van der Waals surface area contributed by atoms with Gasteiger partial charge in [-0.25, -0.2) is 4.98 Å². The Balaban J connectivity index is 1.59. The summed E-state index contributed by atoms with van der Waals surface area (Å²) in [5, 5.41) is 0. The fraction of sp³-hybridized carbons (Fsp3) is 0.296. The molecule has 35 heavy (non-hydrogen) atoms. The maximum Gasteiger partial charge on any atom is 0.250 e. The van der Waals surface area contributed by atoms with Crippen molar-refractivity contribution in [2.75, 3.05) is 17.7 Å². The number of nitrogen functional groups attached to an aromatic ring is 1. The quantitative estimate of drug-likeness (QED) is 0.505. The molecule has 1 aliphatic heterocycles. The summed E-state index contributed by atoms with van der Waals surface area (Å²) in [7, 11) is 1.66. The normalized spacial score (nSPS) is 18.0. The summed E-state index contributed by atoms with van der Waals surface area (Å²) in [6, 6.07) is 15.5. The molecule has 0 spiro atoms. The van der Waals surface area contributed by atoms with Crippen LogP contribution < -0.4 is 10.6 Å². The minimum Gasteiger partial charge on any atom is -0.384 e. The summed E-state index contributed by atoms with van der Waals surface area (Å²) in [5.41, 5.74) is 8.23. The second-order valence-corrected chi connectivity index (χ2v) is 8.77. The largest absolute Gasteiger partial charge is 0.384 e. The highest BCUT2D eigenvalue weighted by molar-refractivity contribution is 6.12. The number of pyridine rings is 2. The van der Waals surface area contributed by atoms with Gasteiger partial charge in [0.05, 0.1) is 5.92 Å². The first-order valence-electron chi connectivity index (χ1n) is 11.7. The van der Waals surface area contributed by atoms with Crippen molar-refractivity contribution in [3.63, 3.8) is 0 Å². The lowest BCUT2D eigenvalue weighted by Gasteiger charge is -2.46. The topological polar surface area (TPSA) is 109 Å². The van der Waals surface area contributed by atoms with Gasteiger partial charge < -0.3 is 10.6 Å². The Hall–Kier alpha value is -4.07. The lowest BCUT2D eigenvalue weighted by molar-refractivity contribution is -0.170. The maximum atomic E-state index is 13.6. The zero-order valence-corrected chi connectivity index (χ0v) is 19.9. The number of hydrogen-bond acceptors (Lipinski definition) is 6. The number of carbonyl (C=O) groups excluding carboxylic acids is 3. The van der Waals surface area contributed by atoms with Gasteiger partial charge in [-0.2, -0.15) is 0 Å². The Morgan fingerprint density at radius 1 is 1.11 bits per heavy atom. The molecule has 2 aromatic heterocycles. The smallest absolute Gasteiger partial charge is 0.250 e. The van der Waals surface area contributed by atoms with Gasteiger partial charge in [0.2, 0.25) is 11.8 Å². The van der Waals surface area contributed by atoms with Gasteiger partial charge in [-0.1, -0.05) is 31.2 Å². The Kier molecular flexibility index (Phi) is 7.19. The molecule has 1 fully saturated rings. The van der Waals surface area contributed by atoms with Crippen LogP contribution in [0.15, 0.2) is 73.2 Å². The molecule has 8 nitrogen and oxygen atoms in total. The molecule has 0 radical (unpaired) electrons. The number of hydrogen-bond donors (Lipinski definition) is 1. The molecular weight excluding hydrogens is 442 g/mol. The highest BCUT2D eigenvalue weighted by atomic mass is 16.2. The zero-order chi connectivity index (χ0) is 24.9. The van der Waals surface area contributed by atoms with Gasteiger partial charge in [0, 0.05) is 37.7 Å². The van der Waals surface area contributed by atoms with E-state index < -0.39 is 12.0 Å². The van der Waals surface area contributed by atoms with Crippen molar-refractivity contribution in [2.24, 2.45) is 5.92 Å². The minimum atomic E-state index is -0.888. The van der Waals surface area contributed by atoms with E-state index in [1.54, 1.807) is 37.8 Å². The van der Waals surface area contributed by atoms with E-state index >= 15 is 0 Å². The molecule has 0 saturated carbocycles. The predicted octanol–water partition coefficient (Wildman–Crippen LogP) is 3.20. The lowest BCUT2D eigenvalue weighted by Crippen LogP contribution is -2.69. The number of carbonyl (C=O) groups is 3. The molecule has 3 heterocycles. The molecule has 1 saturated heterocycles. The first-order valence-corrected chi connectivity index (χ1v) is 11.7. The summed E-state index contributed by atoms with van der Waals surface area (Å²) in [6.45, 7) is 1.99. The summed E-state index contributed by atoms with van der Waals surface area (Å²) in [6.07, 6.45) is 6.13. The number of likely N-dealkylation sites (tertiary alicyclic amines) is 1. The van der Waals surface area contributed by atoms with E-state index in [1.807, 2.05) is 49.4 Å². The molecule has 3 aromatic rings. The van der Waals surface area contributed by atoms with Gasteiger partial charge in [-0.05, 0) is 60.2 Å². The van der Waals surface area contributed by atoms with Crippen molar-refractivity contribution in [3.8, 4) is 0 Å². The molecule has 2 N–H and O–H groups in total. The molecule has 0 unspecified atom stereocenters. The van der Waals surface area contributed by atoms with Crippen LogP contribution >= 0.6 is 0 Å². The second kappa shape index (κ2) is 10.5. The summed E-state index contributed by atoms with van der Waals surface area (Å²) in [5.74, 6) is -1.40. The van der Waals surface area contributed by atoms with Crippen molar-refractivity contribution < 1.29 is 14.4 Å². The monoisotopic (exact) mass is 471 g/mol. The molecule has 3 atom stereocenters. The van der Waals surface area contributed by atoms with Crippen LogP contribution in [0.3, 0.4) is 0 Å². The molecule has 0 bridgehead atoms. The van der Waals surface area contributed by atoms with Gasteiger partial charge in [-0.3, -0.25) is 24.3 Å². The van der Waals surface area contributed by atoms with E-state index in [1.165, 1.54) is 4.90 Å². The first-order chi connectivity index (χ1) is 16.9. The number of amides is 3. The SMILES string of the molecule is CC[C@@H](CC(=O)N1C(=O)[C@H](Cc2ccnc(N)c2)[C@H]1C(=O)N(C)c1ccccc1)c1cccnc1. The average Bonchev–Trinajstić information content (AvgIpc) is 2.89. The van der Waals surface area contributed by atoms with Crippen LogP contribution in [0.5, 0.6) is 0 Å². The molecule has 1 aromatic carbocycles. The number of benzene rings is 1. The van der Waals surface area contributed by atoms with Gasteiger partial charge in [0.15, 0.2) is 0 Å². The maximum absolute atomic E-state index is 13.6. The molecule has 1 aliphatic rings. The average molecular weight is 472 g/mol. The molecule has 180 valence electrons. The van der Waals surface area contributed by atoms with E-state index in [-0.39, 0.29) is 30.1 Å². The molecule has 4 rings (SSSR count). The Labute approximate surface area is 204 Å². The van der Waals surface area contributed by atoms with Gasteiger partial charge >= 0.3 is 0 Å². The fourth-order valence-electron chi connectivity index (χ4n) is 4.59. The van der Waals surface area contributed by atoms with Crippen LogP contribution in [-0.4, -0.2) is 45.7 Å². The summed E-state index contributed by atoms with van der Waals surface area (Å²) < 4.78 is 0. The third kappa shape index (κ3) is 5.06. The Bertz CT molecular complexity index is 1200. The third-order valence-electron chi connectivity index (χ3n) is 6.58. The van der Waals surface area contributed by atoms with Crippen molar-refractivity contribution in [1.29, 1.82) is 0 Å². The standard InChI is InChI=1S/C27H29N5O3/c1-3-19(20-8-7-12-29-17-20)16-24(33)32-25(27(35)31(2)21-9-5-4-6-10-21)22(26(32)34)14-18-11-13-30-23(28)15-18/h4-13,15,17,19,22,25H,3,14,16H2,1-2H3,(H2,28,30)/t19-,22+,25-/m0/s1. The van der Waals surface area contributed by atoms with Crippen molar-refractivity contribution in [3.05, 3.63) is 84.3 Å². The molecule has 0 aliphatic carbocycles. The molecule has 3 amide bonds. The Morgan fingerprint density at radius 2 is 1.89 bits per heavy atom. The number of rotatable bonds is 8.